The van der Waals surface area contributed by atoms with Crippen LogP contribution in [0.25, 0.3) is 61.7 Å². The molecule has 6 aromatic carbocycles. The van der Waals surface area contributed by atoms with E-state index in [9.17, 15) is 0 Å². The Morgan fingerprint density at radius 1 is 0.694 bits per heavy atom. The fourth-order valence-corrected chi connectivity index (χ4v) is 7.54. The van der Waals surface area contributed by atoms with E-state index >= 15 is 0 Å². The third-order valence-electron chi connectivity index (χ3n) is 10.0. The number of furan rings is 1. The largest absolute Gasteiger partial charge is 0.456 e. The number of rotatable bonds is 8. The summed E-state index contributed by atoms with van der Waals surface area (Å²) < 4.78 is 8.67. The van der Waals surface area contributed by atoms with Crippen molar-refractivity contribution in [2.24, 2.45) is 0 Å². The van der Waals surface area contributed by atoms with Gasteiger partial charge in [-0.25, -0.2) is 0 Å². The van der Waals surface area contributed by atoms with Crippen LogP contribution in [0.15, 0.2) is 150 Å². The number of nitrogens with zero attached hydrogens (tertiary/aromatic N) is 1. The molecule has 2 aromatic heterocycles. The predicted molar refractivity (Wildman–Crippen MR) is 203 cm³/mol. The van der Waals surface area contributed by atoms with E-state index in [2.05, 4.69) is 167 Å². The van der Waals surface area contributed by atoms with Crippen molar-refractivity contribution in [2.45, 2.75) is 25.0 Å². The van der Waals surface area contributed by atoms with E-state index in [1.807, 2.05) is 13.1 Å². The van der Waals surface area contributed by atoms with Crippen LogP contribution in [-0.2, 0) is 6.54 Å². The van der Waals surface area contributed by atoms with Crippen LogP contribution in [-0.4, -0.2) is 11.6 Å². The molecule has 4 heteroatoms. The molecule has 2 heterocycles. The van der Waals surface area contributed by atoms with E-state index in [4.69, 9.17) is 4.42 Å². The summed E-state index contributed by atoms with van der Waals surface area (Å²) in [6.45, 7) is 0.803. The van der Waals surface area contributed by atoms with Gasteiger partial charge in [-0.1, -0.05) is 115 Å². The van der Waals surface area contributed by atoms with Gasteiger partial charge in [-0.15, -0.1) is 0 Å². The fourth-order valence-electron chi connectivity index (χ4n) is 7.54. The van der Waals surface area contributed by atoms with Crippen molar-refractivity contribution >= 4 is 44.9 Å². The van der Waals surface area contributed by atoms with E-state index in [0.717, 1.165) is 24.0 Å². The van der Waals surface area contributed by atoms with Gasteiger partial charge in [0.25, 0.3) is 0 Å². The average molecular weight is 636 g/mol. The van der Waals surface area contributed by atoms with Crippen molar-refractivity contribution in [1.29, 1.82) is 0 Å². The molecule has 0 bridgehead atoms. The van der Waals surface area contributed by atoms with Crippen molar-refractivity contribution in [3.8, 4) is 16.8 Å². The minimum atomic E-state index is 0.0651. The second-order valence-corrected chi connectivity index (χ2v) is 13.0. The molecule has 4 nitrogen and oxygen atoms in total. The lowest BCUT2D eigenvalue weighted by atomic mass is 9.91. The van der Waals surface area contributed by atoms with E-state index in [1.54, 1.807) is 0 Å². The molecule has 1 aliphatic rings. The summed E-state index contributed by atoms with van der Waals surface area (Å²) in [7, 11) is 2.00. The molecule has 0 saturated heterocycles. The van der Waals surface area contributed by atoms with Crippen LogP contribution in [0.3, 0.4) is 0 Å². The fraction of sp³-hybridized carbons (Fsp3) is 0.111. The molecule has 0 fully saturated rings. The second kappa shape index (κ2) is 12.4. The summed E-state index contributed by atoms with van der Waals surface area (Å²) in [5, 5.41) is 12.0. The summed E-state index contributed by atoms with van der Waals surface area (Å²) in [4.78, 5) is 0. The first-order valence-corrected chi connectivity index (χ1v) is 17.1. The topological polar surface area (TPSA) is 42.1 Å². The normalized spacial score (nSPS) is 14.8. The lowest BCUT2D eigenvalue weighted by Gasteiger charge is -2.19. The standard InChI is InChI=1S/C45H37N3O/c1-46-45(47-29-30-10-3-2-4-11-30)32-20-18-31(19-21-32)34-23-25-42-40(27-34)37-14-5-7-16-41(37)48(42)36-13-9-12-33(26-36)35-22-24-39-38-15-6-8-17-43(38)49-44(39)28-35/h2-21,23-28,35,45-47H,22,29H2,1H3. The Morgan fingerprint density at radius 2 is 1.45 bits per heavy atom. The predicted octanol–water partition coefficient (Wildman–Crippen LogP) is 8.95. The zero-order chi connectivity index (χ0) is 32.7. The van der Waals surface area contributed by atoms with Crippen LogP contribution >= 0.6 is 0 Å². The van der Waals surface area contributed by atoms with Gasteiger partial charge in [0.15, 0.2) is 0 Å². The Bertz CT molecular complexity index is 2580. The summed E-state index contributed by atoms with van der Waals surface area (Å²) in [6.07, 6.45) is 5.66. The number of nitrogens with one attached hydrogen (secondary N) is 2. The van der Waals surface area contributed by atoms with E-state index < -0.39 is 0 Å². The van der Waals surface area contributed by atoms with Crippen LogP contribution in [0.2, 0.25) is 0 Å². The molecule has 0 amide bonds. The lowest BCUT2D eigenvalue weighted by Crippen LogP contribution is -2.31. The summed E-state index contributed by atoms with van der Waals surface area (Å²) in [5.41, 5.74) is 11.7. The number of fused-ring (bicyclic) bond motifs is 6. The second-order valence-electron chi connectivity index (χ2n) is 13.0. The molecule has 0 saturated carbocycles. The molecule has 0 radical (unpaired) electrons. The Balaban J connectivity index is 1.04. The van der Waals surface area contributed by atoms with Crippen LogP contribution < -0.4 is 21.3 Å². The molecule has 0 spiro atoms. The zero-order valence-corrected chi connectivity index (χ0v) is 27.4. The number of para-hydroxylation sites is 2. The first kappa shape index (κ1) is 29.5. The van der Waals surface area contributed by atoms with Gasteiger partial charge in [0.2, 0.25) is 0 Å². The third-order valence-corrected chi connectivity index (χ3v) is 10.0. The van der Waals surface area contributed by atoms with Crippen LogP contribution in [0.1, 0.15) is 35.2 Å². The molecule has 238 valence electrons. The maximum absolute atomic E-state index is 6.26. The van der Waals surface area contributed by atoms with Crippen molar-refractivity contribution in [2.75, 3.05) is 7.05 Å². The van der Waals surface area contributed by atoms with Crippen molar-refractivity contribution < 1.29 is 4.42 Å². The quantitative estimate of drug-likeness (QED) is 0.164. The molecule has 2 unspecified atom stereocenters. The van der Waals surface area contributed by atoms with Gasteiger partial charge >= 0.3 is 0 Å². The van der Waals surface area contributed by atoms with E-state index in [1.165, 1.54) is 65.9 Å². The van der Waals surface area contributed by atoms with Gasteiger partial charge in [0, 0.05) is 39.5 Å². The number of hydrogen-bond donors (Lipinski definition) is 2. The summed E-state index contributed by atoms with van der Waals surface area (Å²) in [5.74, 6) is 0.256. The van der Waals surface area contributed by atoms with Gasteiger partial charge in [0.1, 0.15) is 11.0 Å². The summed E-state index contributed by atoms with van der Waals surface area (Å²) in [6, 6.07) is 52.4. The number of benzene rings is 6. The van der Waals surface area contributed by atoms with Crippen molar-refractivity contribution in [3.63, 3.8) is 0 Å². The molecule has 9 rings (SSSR count). The Labute approximate surface area is 285 Å². The molecule has 0 aliphatic heterocycles. The highest BCUT2D eigenvalue weighted by Crippen LogP contribution is 2.36. The van der Waals surface area contributed by atoms with Gasteiger partial charge in [-0.05, 0) is 83.8 Å². The average Bonchev–Trinajstić information content (AvgIpc) is 3.71. The Morgan fingerprint density at radius 3 is 2.31 bits per heavy atom. The highest BCUT2D eigenvalue weighted by Gasteiger charge is 2.18. The third kappa shape index (κ3) is 5.36. The smallest absolute Gasteiger partial charge is 0.135 e. The molecule has 1 aliphatic carbocycles. The first-order chi connectivity index (χ1) is 24.2. The van der Waals surface area contributed by atoms with Crippen LogP contribution in [0.5, 0.6) is 0 Å². The number of hydrogen-bond acceptors (Lipinski definition) is 3. The minimum absolute atomic E-state index is 0.0651. The lowest BCUT2D eigenvalue weighted by molar-refractivity contribution is 0.473. The zero-order valence-electron chi connectivity index (χ0n) is 27.4. The maximum atomic E-state index is 6.26. The molecule has 2 atom stereocenters. The Kier molecular flexibility index (Phi) is 7.46. The van der Waals surface area contributed by atoms with Gasteiger partial charge in [0.05, 0.1) is 17.2 Å². The van der Waals surface area contributed by atoms with E-state index in [-0.39, 0.29) is 12.1 Å². The first-order valence-electron chi connectivity index (χ1n) is 17.1. The minimum Gasteiger partial charge on any atom is -0.456 e. The summed E-state index contributed by atoms with van der Waals surface area (Å²) >= 11 is 0. The molecule has 49 heavy (non-hydrogen) atoms. The van der Waals surface area contributed by atoms with E-state index in [0.29, 0.717) is 0 Å². The number of aromatic nitrogens is 1. The highest BCUT2D eigenvalue weighted by atomic mass is 16.3. The van der Waals surface area contributed by atoms with Gasteiger partial charge in [-0.3, -0.25) is 5.32 Å². The monoisotopic (exact) mass is 635 g/mol. The van der Waals surface area contributed by atoms with Gasteiger partial charge < -0.3 is 14.3 Å². The van der Waals surface area contributed by atoms with Crippen LogP contribution in [0, 0.1) is 0 Å². The highest BCUT2D eigenvalue weighted by molar-refractivity contribution is 6.10. The van der Waals surface area contributed by atoms with Crippen LogP contribution in [0.4, 0.5) is 0 Å². The molecule has 2 N–H and O–H groups in total. The van der Waals surface area contributed by atoms with Crippen molar-refractivity contribution in [1.82, 2.24) is 15.2 Å². The molecule has 8 aromatic rings. The van der Waals surface area contributed by atoms with Gasteiger partial charge in [-0.2, -0.15) is 0 Å². The van der Waals surface area contributed by atoms with Crippen molar-refractivity contribution in [3.05, 3.63) is 173 Å². The molecular formula is C45H37N3O. The SMILES string of the molecule is CNC(NCc1ccccc1)c1ccc(-c2ccc3c(c2)c2ccccc2n3-c2cccc(C3C=c4oc5ccccc5c4=CC3)c2)cc1. The maximum Gasteiger partial charge on any atom is 0.135 e. The molecular weight excluding hydrogens is 599 g/mol. The Hall–Kier alpha value is -5.68.